The van der Waals surface area contributed by atoms with Crippen LogP contribution in [0, 0.1) is 0 Å². The minimum Gasteiger partial charge on any atom is -0.369 e. The van der Waals surface area contributed by atoms with Gasteiger partial charge < -0.3 is 10.2 Å². The van der Waals surface area contributed by atoms with Crippen LogP contribution in [0.15, 0.2) is 12.4 Å². The Hall–Kier alpha value is -1.32. The third-order valence-electron chi connectivity index (χ3n) is 2.47. The fourth-order valence-corrected chi connectivity index (χ4v) is 1.56. The highest BCUT2D eigenvalue weighted by Crippen LogP contribution is 2.12. The molecule has 0 aliphatic heterocycles. The van der Waals surface area contributed by atoms with Crippen molar-refractivity contribution in [1.82, 2.24) is 9.97 Å². The third-order valence-corrected chi connectivity index (χ3v) is 2.47. The lowest BCUT2D eigenvalue weighted by Crippen LogP contribution is -2.25. The van der Waals surface area contributed by atoms with Gasteiger partial charge in [0.15, 0.2) is 0 Å². The molecule has 16 heavy (non-hydrogen) atoms. The maximum absolute atomic E-state index is 4.54. The van der Waals surface area contributed by atoms with E-state index in [0.717, 1.165) is 31.3 Å². The molecule has 0 amide bonds. The summed E-state index contributed by atoms with van der Waals surface area (Å²) in [6.07, 6.45) is 6.00. The van der Waals surface area contributed by atoms with Crippen molar-refractivity contribution < 1.29 is 0 Å². The van der Waals surface area contributed by atoms with E-state index in [1.54, 1.807) is 6.20 Å². The molecule has 0 unspecified atom stereocenters. The van der Waals surface area contributed by atoms with Gasteiger partial charge in [-0.15, -0.1) is 0 Å². The van der Waals surface area contributed by atoms with Crippen molar-refractivity contribution in [2.45, 2.75) is 33.6 Å². The highest BCUT2D eigenvalue weighted by molar-refractivity contribution is 5.43. The van der Waals surface area contributed by atoms with Gasteiger partial charge in [0.05, 0.1) is 12.4 Å². The summed E-state index contributed by atoms with van der Waals surface area (Å²) in [7, 11) is 0. The molecule has 1 aromatic heterocycles. The van der Waals surface area contributed by atoms with E-state index in [2.05, 4.69) is 41.0 Å². The van der Waals surface area contributed by atoms with E-state index < -0.39 is 0 Å². The van der Waals surface area contributed by atoms with Gasteiger partial charge >= 0.3 is 0 Å². The van der Waals surface area contributed by atoms with Gasteiger partial charge in [-0.25, -0.2) is 4.98 Å². The molecule has 0 aromatic carbocycles. The summed E-state index contributed by atoms with van der Waals surface area (Å²) in [5.41, 5.74) is 0. The first kappa shape index (κ1) is 12.7. The Bertz CT molecular complexity index is 301. The third kappa shape index (κ3) is 3.68. The lowest BCUT2D eigenvalue weighted by atomic mass is 10.3. The minimum atomic E-state index is 0.856. The lowest BCUT2D eigenvalue weighted by Gasteiger charge is -2.21. The van der Waals surface area contributed by atoms with Crippen LogP contribution in [0.5, 0.6) is 0 Å². The molecule has 4 heteroatoms. The summed E-state index contributed by atoms with van der Waals surface area (Å²) < 4.78 is 0. The van der Waals surface area contributed by atoms with Crippen LogP contribution in [0.3, 0.4) is 0 Å². The van der Waals surface area contributed by atoms with Crippen LogP contribution in [-0.4, -0.2) is 29.6 Å². The minimum absolute atomic E-state index is 0.856. The highest BCUT2D eigenvalue weighted by atomic mass is 15.2. The van der Waals surface area contributed by atoms with Crippen LogP contribution >= 0.6 is 0 Å². The quantitative estimate of drug-likeness (QED) is 0.769. The zero-order chi connectivity index (χ0) is 11.8. The fraction of sp³-hybridized carbons (Fsp3) is 0.667. The van der Waals surface area contributed by atoms with Crippen molar-refractivity contribution in [3.63, 3.8) is 0 Å². The van der Waals surface area contributed by atoms with Gasteiger partial charge in [0.1, 0.15) is 11.6 Å². The summed E-state index contributed by atoms with van der Waals surface area (Å²) in [6.45, 7) is 9.32. The molecule has 4 nitrogen and oxygen atoms in total. The normalized spacial score (nSPS) is 10.2. The molecule has 1 rings (SSSR count). The van der Waals surface area contributed by atoms with Gasteiger partial charge in [-0.1, -0.05) is 13.3 Å². The summed E-state index contributed by atoms with van der Waals surface area (Å²) in [5.74, 6) is 1.82. The van der Waals surface area contributed by atoms with Crippen molar-refractivity contribution in [2.75, 3.05) is 29.9 Å². The molecule has 0 bridgehead atoms. The summed E-state index contributed by atoms with van der Waals surface area (Å²) >= 11 is 0. The average Bonchev–Trinajstić information content (AvgIpc) is 2.31. The molecule has 0 radical (unpaired) electrons. The van der Waals surface area contributed by atoms with Crippen molar-refractivity contribution in [3.8, 4) is 0 Å². The molecule has 0 saturated carbocycles. The molecular formula is C12H22N4. The molecule has 0 atom stereocenters. The van der Waals surface area contributed by atoms with Gasteiger partial charge in [-0.05, 0) is 20.3 Å². The van der Waals surface area contributed by atoms with E-state index in [9.17, 15) is 0 Å². The number of nitrogens with one attached hydrogen (secondary N) is 1. The second-order valence-electron chi connectivity index (χ2n) is 3.73. The predicted octanol–water partition coefficient (Wildman–Crippen LogP) is 2.53. The van der Waals surface area contributed by atoms with E-state index in [0.29, 0.717) is 0 Å². The lowest BCUT2D eigenvalue weighted by molar-refractivity contribution is 0.722. The number of nitrogens with zero attached hydrogens (tertiary/aromatic N) is 3. The second-order valence-corrected chi connectivity index (χ2v) is 3.73. The number of aromatic nitrogens is 2. The number of rotatable bonds is 7. The fourth-order valence-electron chi connectivity index (χ4n) is 1.56. The van der Waals surface area contributed by atoms with E-state index in [1.807, 2.05) is 6.20 Å². The Balaban J connectivity index is 2.71. The second kappa shape index (κ2) is 7.04. The van der Waals surface area contributed by atoms with Gasteiger partial charge in [0.2, 0.25) is 0 Å². The van der Waals surface area contributed by atoms with E-state index >= 15 is 0 Å². The summed E-state index contributed by atoms with van der Waals surface area (Å²) in [4.78, 5) is 11.0. The van der Waals surface area contributed by atoms with Crippen LogP contribution in [0.25, 0.3) is 0 Å². The topological polar surface area (TPSA) is 41.1 Å². The van der Waals surface area contributed by atoms with E-state index in [1.165, 1.54) is 12.8 Å². The Morgan fingerprint density at radius 3 is 2.69 bits per heavy atom. The molecular weight excluding hydrogens is 200 g/mol. The van der Waals surface area contributed by atoms with Gasteiger partial charge in [0.25, 0.3) is 0 Å². The zero-order valence-corrected chi connectivity index (χ0v) is 10.5. The van der Waals surface area contributed by atoms with Crippen molar-refractivity contribution in [1.29, 1.82) is 0 Å². The molecule has 90 valence electrons. The first-order chi connectivity index (χ1) is 7.81. The average molecular weight is 222 g/mol. The molecule has 0 saturated heterocycles. The Morgan fingerprint density at radius 2 is 2.06 bits per heavy atom. The monoisotopic (exact) mass is 222 g/mol. The van der Waals surface area contributed by atoms with Gasteiger partial charge in [-0.3, -0.25) is 4.98 Å². The van der Waals surface area contributed by atoms with Crippen molar-refractivity contribution in [2.24, 2.45) is 0 Å². The van der Waals surface area contributed by atoms with Crippen molar-refractivity contribution in [3.05, 3.63) is 12.4 Å². The number of hydrogen-bond donors (Lipinski definition) is 1. The van der Waals surface area contributed by atoms with Crippen molar-refractivity contribution >= 4 is 11.6 Å². The Labute approximate surface area is 98.1 Å². The molecule has 0 aliphatic rings. The van der Waals surface area contributed by atoms with Crippen LogP contribution in [0.4, 0.5) is 11.6 Å². The summed E-state index contributed by atoms with van der Waals surface area (Å²) in [6, 6.07) is 0. The maximum Gasteiger partial charge on any atom is 0.149 e. The highest BCUT2D eigenvalue weighted by Gasteiger charge is 2.06. The summed E-state index contributed by atoms with van der Waals surface area (Å²) in [5, 5.41) is 3.18. The maximum atomic E-state index is 4.54. The van der Waals surface area contributed by atoms with Gasteiger partial charge in [-0.2, -0.15) is 0 Å². The predicted molar refractivity (Wildman–Crippen MR) is 69.0 cm³/mol. The SMILES string of the molecule is CCCCN(CC)c1cncc(NCC)n1. The van der Waals surface area contributed by atoms with Crippen LogP contribution in [0.2, 0.25) is 0 Å². The zero-order valence-electron chi connectivity index (χ0n) is 10.5. The Kier molecular flexibility index (Phi) is 5.61. The molecule has 1 N–H and O–H groups in total. The molecule has 0 spiro atoms. The smallest absolute Gasteiger partial charge is 0.149 e. The number of unbranched alkanes of at least 4 members (excludes halogenated alkanes) is 1. The first-order valence-corrected chi connectivity index (χ1v) is 6.12. The molecule has 1 heterocycles. The number of hydrogen-bond acceptors (Lipinski definition) is 4. The van der Waals surface area contributed by atoms with Crippen LogP contribution in [0.1, 0.15) is 33.6 Å². The molecule has 0 fully saturated rings. The largest absolute Gasteiger partial charge is 0.369 e. The van der Waals surface area contributed by atoms with E-state index in [-0.39, 0.29) is 0 Å². The van der Waals surface area contributed by atoms with Crippen LogP contribution < -0.4 is 10.2 Å². The number of anilines is 2. The first-order valence-electron chi connectivity index (χ1n) is 6.12. The van der Waals surface area contributed by atoms with Gasteiger partial charge in [0, 0.05) is 19.6 Å². The molecule has 1 aromatic rings. The Morgan fingerprint density at radius 1 is 1.25 bits per heavy atom. The van der Waals surface area contributed by atoms with Crippen LogP contribution in [-0.2, 0) is 0 Å². The standard InChI is InChI=1S/C12H22N4/c1-4-7-8-16(6-3)12-10-13-9-11(15-12)14-5-2/h9-10H,4-8H2,1-3H3,(H,14,15). The molecule has 0 aliphatic carbocycles. The van der Waals surface area contributed by atoms with E-state index in [4.69, 9.17) is 0 Å².